The predicted molar refractivity (Wildman–Crippen MR) is 77.8 cm³/mol. The Morgan fingerprint density at radius 1 is 1.35 bits per heavy atom. The van der Waals surface area contributed by atoms with E-state index in [1.165, 1.54) is 23.5 Å². The summed E-state index contributed by atoms with van der Waals surface area (Å²) in [6.07, 6.45) is 0.823. The molecule has 0 atom stereocenters. The quantitative estimate of drug-likeness (QED) is 0.804. The van der Waals surface area contributed by atoms with Crippen molar-refractivity contribution >= 4 is 17.3 Å². The Morgan fingerprint density at radius 3 is 2.80 bits per heavy atom. The van der Waals surface area contributed by atoms with Crippen molar-refractivity contribution in [2.45, 2.75) is 19.9 Å². The Balaban J connectivity index is 1.79. The number of carbonyl (C=O) groups is 1. The molecule has 0 saturated heterocycles. The maximum Gasteiger partial charge on any atom is 0.345 e. The van der Waals surface area contributed by atoms with Gasteiger partial charge in [-0.2, -0.15) is 0 Å². The fraction of sp³-hybridized carbons (Fsp3) is 0.267. The molecule has 1 heterocycles. The number of benzene rings is 1. The molecule has 0 aliphatic rings. The largest absolute Gasteiger partial charge is 0.477 e. The third-order valence-electron chi connectivity index (χ3n) is 3.05. The van der Waals surface area contributed by atoms with Crippen LogP contribution in [-0.2, 0) is 13.0 Å². The van der Waals surface area contributed by atoms with Gasteiger partial charge < -0.3 is 10.4 Å². The first-order valence-corrected chi connectivity index (χ1v) is 7.15. The second kappa shape index (κ2) is 6.63. The van der Waals surface area contributed by atoms with Crippen molar-refractivity contribution in [3.8, 4) is 0 Å². The van der Waals surface area contributed by atoms with E-state index >= 15 is 0 Å². The normalized spacial score (nSPS) is 10.7. The van der Waals surface area contributed by atoms with Crippen molar-refractivity contribution in [3.05, 3.63) is 57.0 Å². The number of rotatable bonds is 6. The Kier molecular flexibility index (Phi) is 4.87. The Morgan fingerprint density at radius 2 is 2.15 bits per heavy atom. The van der Waals surface area contributed by atoms with Crippen molar-refractivity contribution in [1.29, 1.82) is 0 Å². The molecule has 0 amide bonds. The second-order valence-electron chi connectivity index (χ2n) is 4.57. The standard InChI is InChI=1S/C15H16FNO2S/c1-10-8-12(16)3-2-11(10)6-7-17-9-13-4-5-14(20-13)15(18)19/h2-5,8,17H,6-7,9H2,1H3,(H,18,19). The molecule has 1 aromatic heterocycles. The van der Waals surface area contributed by atoms with Crippen LogP contribution in [0.15, 0.2) is 30.3 Å². The minimum Gasteiger partial charge on any atom is -0.477 e. The van der Waals surface area contributed by atoms with E-state index in [-0.39, 0.29) is 5.82 Å². The fourth-order valence-corrected chi connectivity index (χ4v) is 2.78. The van der Waals surface area contributed by atoms with Crippen molar-refractivity contribution in [3.63, 3.8) is 0 Å². The average Bonchev–Trinajstić information content (AvgIpc) is 2.85. The third kappa shape index (κ3) is 3.88. The van der Waals surface area contributed by atoms with Gasteiger partial charge in [0.2, 0.25) is 0 Å². The van der Waals surface area contributed by atoms with Crippen molar-refractivity contribution in [1.82, 2.24) is 5.32 Å². The lowest BCUT2D eigenvalue weighted by Gasteiger charge is -2.06. The van der Waals surface area contributed by atoms with Crippen LogP contribution in [-0.4, -0.2) is 17.6 Å². The number of carboxylic acid groups (broad SMARTS) is 1. The average molecular weight is 293 g/mol. The minimum absolute atomic E-state index is 0.209. The zero-order valence-electron chi connectivity index (χ0n) is 11.1. The minimum atomic E-state index is -0.886. The summed E-state index contributed by atoms with van der Waals surface area (Å²) in [5.41, 5.74) is 2.08. The summed E-state index contributed by atoms with van der Waals surface area (Å²) in [6, 6.07) is 8.26. The van der Waals surface area contributed by atoms with E-state index in [0.29, 0.717) is 11.4 Å². The molecule has 20 heavy (non-hydrogen) atoms. The van der Waals surface area contributed by atoms with Crippen LogP contribution in [0.3, 0.4) is 0 Å². The van der Waals surface area contributed by atoms with Crippen LogP contribution in [0.2, 0.25) is 0 Å². The number of aromatic carboxylic acids is 1. The van der Waals surface area contributed by atoms with Crippen LogP contribution in [0.5, 0.6) is 0 Å². The lowest BCUT2D eigenvalue weighted by Crippen LogP contribution is -2.16. The van der Waals surface area contributed by atoms with Gasteiger partial charge in [-0.15, -0.1) is 11.3 Å². The van der Waals surface area contributed by atoms with E-state index < -0.39 is 5.97 Å². The lowest BCUT2D eigenvalue weighted by molar-refractivity contribution is 0.0702. The van der Waals surface area contributed by atoms with Crippen LogP contribution >= 0.6 is 11.3 Å². The summed E-state index contributed by atoms with van der Waals surface area (Å²) < 4.78 is 13.0. The van der Waals surface area contributed by atoms with Crippen molar-refractivity contribution in [2.75, 3.05) is 6.54 Å². The molecule has 0 fully saturated rings. The van der Waals surface area contributed by atoms with E-state index in [1.807, 2.05) is 13.0 Å². The highest BCUT2D eigenvalue weighted by molar-refractivity contribution is 7.13. The molecule has 1 aromatic carbocycles. The molecule has 2 aromatic rings. The Hall–Kier alpha value is -1.72. The van der Waals surface area contributed by atoms with E-state index in [2.05, 4.69) is 5.32 Å². The fourth-order valence-electron chi connectivity index (χ4n) is 1.96. The topological polar surface area (TPSA) is 49.3 Å². The zero-order chi connectivity index (χ0) is 14.5. The lowest BCUT2D eigenvalue weighted by atomic mass is 10.1. The summed E-state index contributed by atoms with van der Waals surface area (Å²) in [5, 5.41) is 12.1. The highest BCUT2D eigenvalue weighted by Crippen LogP contribution is 2.16. The molecule has 5 heteroatoms. The van der Waals surface area contributed by atoms with Gasteiger partial charge in [-0.05, 0) is 55.3 Å². The monoisotopic (exact) mass is 293 g/mol. The maximum absolute atomic E-state index is 13.0. The molecule has 106 valence electrons. The molecular weight excluding hydrogens is 277 g/mol. The number of aryl methyl sites for hydroxylation is 1. The molecule has 0 aliphatic carbocycles. The molecule has 0 bridgehead atoms. The van der Waals surface area contributed by atoms with E-state index in [9.17, 15) is 9.18 Å². The highest BCUT2D eigenvalue weighted by Gasteiger charge is 2.06. The SMILES string of the molecule is Cc1cc(F)ccc1CCNCc1ccc(C(=O)O)s1. The summed E-state index contributed by atoms with van der Waals surface area (Å²) in [4.78, 5) is 12.1. The molecule has 0 radical (unpaired) electrons. The summed E-state index contributed by atoms with van der Waals surface area (Å²) in [5.74, 6) is -1.10. The molecule has 0 saturated carbocycles. The van der Waals surface area contributed by atoms with E-state index in [1.54, 1.807) is 12.1 Å². The van der Waals surface area contributed by atoms with Gasteiger partial charge in [-0.3, -0.25) is 0 Å². The van der Waals surface area contributed by atoms with Gasteiger partial charge in [0.25, 0.3) is 0 Å². The third-order valence-corrected chi connectivity index (χ3v) is 4.12. The van der Waals surface area contributed by atoms with Gasteiger partial charge in [0.1, 0.15) is 10.7 Å². The number of nitrogens with one attached hydrogen (secondary N) is 1. The van der Waals surface area contributed by atoms with Crippen LogP contribution < -0.4 is 5.32 Å². The van der Waals surface area contributed by atoms with Gasteiger partial charge in [0.15, 0.2) is 0 Å². The maximum atomic E-state index is 13.0. The zero-order valence-corrected chi connectivity index (χ0v) is 12.0. The first kappa shape index (κ1) is 14.7. The number of halogens is 1. The van der Waals surface area contributed by atoms with Gasteiger partial charge in [-0.25, -0.2) is 9.18 Å². The number of thiophene rings is 1. The van der Waals surface area contributed by atoms with Crippen molar-refractivity contribution in [2.24, 2.45) is 0 Å². The summed E-state index contributed by atoms with van der Waals surface area (Å²) in [6.45, 7) is 3.32. The predicted octanol–water partition coefficient (Wildman–Crippen LogP) is 3.23. The first-order chi connectivity index (χ1) is 9.56. The first-order valence-electron chi connectivity index (χ1n) is 6.34. The van der Waals surface area contributed by atoms with Crippen LogP contribution in [0.1, 0.15) is 25.7 Å². The van der Waals surface area contributed by atoms with Gasteiger partial charge in [0, 0.05) is 11.4 Å². The van der Waals surface area contributed by atoms with Gasteiger partial charge in [-0.1, -0.05) is 6.07 Å². The van der Waals surface area contributed by atoms with Gasteiger partial charge in [0.05, 0.1) is 0 Å². The summed E-state index contributed by atoms with van der Waals surface area (Å²) >= 11 is 1.28. The molecule has 0 aliphatic heterocycles. The number of hydrogen-bond donors (Lipinski definition) is 2. The van der Waals surface area contributed by atoms with E-state index in [0.717, 1.165) is 29.0 Å². The Bertz CT molecular complexity index is 610. The number of hydrogen-bond acceptors (Lipinski definition) is 3. The molecule has 3 nitrogen and oxygen atoms in total. The number of carboxylic acids is 1. The molecule has 0 unspecified atom stereocenters. The molecule has 2 N–H and O–H groups in total. The molecule has 2 rings (SSSR count). The molecule has 0 spiro atoms. The highest BCUT2D eigenvalue weighted by atomic mass is 32.1. The van der Waals surface area contributed by atoms with Crippen LogP contribution in [0, 0.1) is 12.7 Å². The second-order valence-corrected chi connectivity index (χ2v) is 5.74. The van der Waals surface area contributed by atoms with E-state index in [4.69, 9.17) is 5.11 Å². The summed E-state index contributed by atoms with van der Waals surface area (Å²) in [7, 11) is 0. The smallest absolute Gasteiger partial charge is 0.345 e. The van der Waals surface area contributed by atoms with Crippen LogP contribution in [0.25, 0.3) is 0 Å². The van der Waals surface area contributed by atoms with Crippen molar-refractivity contribution < 1.29 is 14.3 Å². The Labute approximate surface area is 121 Å². The molecular formula is C15H16FNO2S. The van der Waals surface area contributed by atoms with Crippen LogP contribution in [0.4, 0.5) is 4.39 Å². The van der Waals surface area contributed by atoms with Gasteiger partial charge >= 0.3 is 5.97 Å².